The van der Waals surface area contributed by atoms with Crippen molar-refractivity contribution in [1.82, 2.24) is 25.7 Å². The van der Waals surface area contributed by atoms with Gasteiger partial charge >= 0.3 is 0 Å². The predicted octanol–water partition coefficient (Wildman–Crippen LogP) is 4.51. The highest BCUT2D eigenvalue weighted by atomic mass is 35.5. The molecule has 210 valence electrons. The van der Waals surface area contributed by atoms with E-state index in [9.17, 15) is 14.4 Å². The van der Waals surface area contributed by atoms with E-state index in [1.54, 1.807) is 12.1 Å². The Bertz CT molecular complexity index is 1080. The van der Waals surface area contributed by atoms with E-state index < -0.39 is 17.4 Å². The number of carbonyl (C=O) groups is 3. The fourth-order valence-corrected chi connectivity index (χ4v) is 5.10. The molecule has 1 aromatic carbocycles. The minimum Gasteiger partial charge on any atom is -0.408 e. The van der Waals surface area contributed by atoms with Crippen molar-refractivity contribution in [3.8, 4) is 0 Å². The highest BCUT2D eigenvalue weighted by molar-refractivity contribution is 7.99. The summed E-state index contributed by atoms with van der Waals surface area (Å²) in [5.74, 6) is -1.42. The quantitative estimate of drug-likeness (QED) is 0.302. The van der Waals surface area contributed by atoms with E-state index in [0.29, 0.717) is 23.6 Å². The van der Waals surface area contributed by atoms with Crippen LogP contribution >= 0.6 is 24.2 Å². The molecule has 3 rings (SSSR count). The molecule has 1 saturated carbocycles. The molecule has 2 N–H and O–H groups in total. The summed E-state index contributed by atoms with van der Waals surface area (Å²) in [7, 11) is 3.98. The average Bonchev–Trinajstić information content (AvgIpc) is 3.30. The molecule has 1 fully saturated rings. The van der Waals surface area contributed by atoms with Gasteiger partial charge in [-0.25, -0.2) is 0 Å². The van der Waals surface area contributed by atoms with Crippen LogP contribution in [-0.2, 0) is 11.3 Å². The van der Waals surface area contributed by atoms with Crippen LogP contribution in [0.2, 0.25) is 0 Å². The van der Waals surface area contributed by atoms with Crippen LogP contribution in [0.25, 0.3) is 0 Å². The number of ketones is 1. The highest BCUT2D eigenvalue weighted by Gasteiger charge is 2.43. The second kappa shape index (κ2) is 14.1. The van der Waals surface area contributed by atoms with Crippen molar-refractivity contribution >= 4 is 41.8 Å². The number of nitrogens with one attached hydrogen (secondary N) is 2. The molecule has 2 aromatic rings. The molecule has 0 unspecified atom stereocenters. The molecular formula is C27H40ClN5O4S. The molecule has 1 heterocycles. The van der Waals surface area contributed by atoms with Gasteiger partial charge in [0.25, 0.3) is 17.0 Å². The van der Waals surface area contributed by atoms with E-state index in [4.69, 9.17) is 4.42 Å². The maximum absolute atomic E-state index is 13.7. The Kier molecular flexibility index (Phi) is 11.8. The van der Waals surface area contributed by atoms with E-state index in [1.807, 2.05) is 53.9 Å². The molecule has 1 aliphatic rings. The molecule has 1 aliphatic carbocycles. The molecule has 0 spiro atoms. The van der Waals surface area contributed by atoms with E-state index in [1.165, 1.54) is 11.8 Å². The first kappa shape index (κ1) is 31.8. The van der Waals surface area contributed by atoms with E-state index in [-0.39, 0.29) is 41.3 Å². The SMILES string of the molecule is CC(C)Sc1nnc(C(=O)[C@@H](NC(=O)C2(NC(=O)c3ccc(CN(C)C)cc3)CCCCC2)C(C)C)o1.Cl. The Morgan fingerprint density at radius 3 is 2.21 bits per heavy atom. The zero-order chi connectivity index (χ0) is 27.2. The van der Waals surface area contributed by atoms with E-state index >= 15 is 0 Å². The summed E-state index contributed by atoms with van der Waals surface area (Å²) < 4.78 is 5.56. The number of benzene rings is 1. The topological polar surface area (TPSA) is 117 Å². The van der Waals surface area contributed by atoms with Gasteiger partial charge in [-0.3, -0.25) is 14.4 Å². The van der Waals surface area contributed by atoms with Crippen molar-refractivity contribution in [2.24, 2.45) is 5.92 Å². The second-order valence-electron chi connectivity index (χ2n) is 10.6. The summed E-state index contributed by atoms with van der Waals surface area (Å²) in [6.07, 6.45) is 3.65. The van der Waals surface area contributed by atoms with Crippen molar-refractivity contribution in [2.75, 3.05) is 14.1 Å². The number of aromatic nitrogens is 2. The first-order chi connectivity index (χ1) is 17.5. The first-order valence-corrected chi connectivity index (χ1v) is 13.8. The van der Waals surface area contributed by atoms with Crippen LogP contribution in [0.15, 0.2) is 33.9 Å². The number of Topliss-reactive ketones (excluding diaryl/α,β-unsaturated/α-hetero) is 1. The Labute approximate surface area is 235 Å². The van der Waals surface area contributed by atoms with Gasteiger partial charge in [0.15, 0.2) is 0 Å². The Hall–Kier alpha value is -2.43. The number of carbonyl (C=O) groups excluding carboxylic acids is 3. The zero-order valence-electron chi connectivity index (χ0n) is 23.1. The fourth-order valence-electron chi connectivity index (χ4n) is 4.49. The van der Waals surface area contributed by atoms with Gasteiger partial charge in [0.2, 0.25) is 11.7 Å². The van der Waals surface area contributed by atoms with Gasteiger partial charge < -0.3 is 20.0 Å². The number of amides is 2. The minimum atomic E-state index is -1.08. The van der Waals surface area contributed by atoms with Gasteiger partial charge in [0.05, 0.1) is 6.04 Å². The largest absolute Gasteiger partial charge is 0.408 e. The Morgan fingerprint density at radius 1 is 1.03 bits per heavy atom. The lowest BCUT2D eigenvalue weighted by molar-refractivity contribution is -0.129. The maximum Gasteiger partial charge on any atom is 0.286 e. The number of thioether (sulfide) groups is 1. The smallest absolute Gasteiger partial charge is 0.286 e. The number of hydrogen-bond acceptors (Lipinski definition) is 8. The molecule has 0 bridgehead atoms. The van der Waals surface area contributed by atoms with Crippen molar-refractivity contribution < 1.29 is 18.8 Å². The number of hydrogen-bond donors (Lipinski definition) is 2. The van der Waals surface area contributed by atoms with Crippen molar-refractivity contribution in [3.05, 3.63) is 41.3 Å². The molecular weight excluding hydrogens is 526 g/mol. The van der Waals surface area contributed by atoms with Gasteiger partial charge in [-0.1, -0.05) is 70.9 Å². The first-order valence-electron chi connectivity index (χ1n) is 12.9. The molecule has 1 aromatic heterocycles. The lowest BCUT2D eigenvalue weighted by Crippen LogP contribution is -2.62. The second-order valence-corrected chi connectivity index (χ2v) is 12.2. The number of rotatable bonds is 11. The zero-order valence-corrected chi connectivity index (χ0v) is 24.7. The molecule has 38 heavy (non-hydrogen) atoms. The lowest BCUT2D eigenvalue weighted by atomic mass is 9.80. The van der Waals surface area contributed by atoms with Crippen molar-refractivity contribution in [3.63, 3.8) is 0 Å². The highest BCUT2D eigenvalue weighted by Crippen LogP contribution is 2.30. The summed E-state index contributed by atoms with van der Waals surface area (Å²) in [6.45, 7) is 8.46. The molecule has 1 atom stereocenters. The van der Waals surface area contributed by atoms with Crippen LogP contribution in [0.3, 0.4) is 0 Å². The van der Waals surface area contributed by atoms with Gasteiger partial charge in [-0.05, 0) is 50.6 Å². The van der Waals surface area contributed by atoms with Crippen molar-refractivity contribution in [1.29, 1.82) is 0 Å². The summed E-state index contributed by atoms with van der Waals surface area (Å²) in [5, 5.41) is 14.4. The molecule has 9 nitrogen and oxygen atoms in total. The molecule has 0 saturated heterocycles. The predicted molar refractivity (Wildman–Crippen MR) is 151 cm³/mol. The third kappa shape index (κ3) is 8.28. The van der Waals surface area contributed by atoms with E-state index in [2.05, 4.69) is 25.7 Å². The fraction of sp³-hybridized carbons (Fsp3) is 0.593. The van der Waals surface area contributed by atoms with Gasteiger partial charge in [-0.15, -0.1) is 22.6 Å². The Balaban J connectivity index is 0.00000507. The van der Waals surface area contributed by atoms with Gasteiger partial charge in [-0.2, -0.15) is 0 Å². The van der Waals surface area contributed by atoms with Crippen molar-refractivity contribution in [2.45, 2.75) is 88.4 Å². The summed E-state index contributed by atoms with van der Waals surface area (Å²) in [4.78, 5) is 42.2. The van der Waals surface area contributed by atoms with Crippen LogP contribution in [0, 0.1) is 5.92 Å². The summed E-state index contributed by atoms with van der Waals surface area (Å²) in [6, 6.07) is 6.56. The Morgan fingerprint density at radius 2 is 1.66 bits per heavy atom. The van der Waals surface area contributed by atoms with E-state index in [0.717, 1.165) is 31.4 Å². The van der Waals surface area contributed by atoms with Crippen LogP contribution in [-0.4, -0.2) is 63.6 Å². The monoisotopic (exact) mass is 565 g/mol. The summed E-state index contributed by atoms with van der Waals surface area (Å²) in [5.41, 5.74) is 0.511. The molecule has 0 aliphatic heterocycles. The summed E-state index contributed by atoms with van der Waals surface area (Å²) >= 11 is 1.37. The number of halogens is 1. The molecule has 2 amide bonds. The van der Waals surface area contributed by atoms with Crippen LogP contribution in [0.4, 0.5) is 0 Å². The van der Waals surface area contributed by atoms with Crippen LogP contribution in [0.1, 0.15) is 86.4 Å². The molecule has 0 radical (unpaired) electrons. The third-order valence-electron chi connectivity index (χ3n) is 6.40. The third-order valence-corrected chi connectivity index (χ3v) is 7.24. The van der Waals surface area contributed by atoms with Gasteiger partial charge in [0.1, 0.15) is 5.54 Å². The van der Waals surface area contributed by atoms with Crippen LogP contribution < -0.4 is 10.6 Å². The normalized spacial score (nSPS) is 15.7. The minimum absolute atomic E-state index is 0. The standard InChI is InChI=1S/C27H39N5O4S.ClH/c1-17(2)21(22(33)24-30-31-26(36-24)37-18(3)4)28-25(35)27(14-8-7-9-15-27)29-23(34)20-12-10-19(11-13-20)16-32(5)6;/h10-13,17-18,21H,7-9,14-16H2,1-6H3,(H,28,35)(H,29,34);1H/t21-;/m0./s1. The maximum atomic E-state index is 13.7. The lowest BCUT2D eigenvalue weighted by Gasteiger charge is -2.38. The van der Waals surface area contributed by atoms with Gasteiger partial charge in [0, 0.05) is 17.4 Å². The molecule has 11 heteroatoms. The average molecular weight is 566 g/mol. The number of nitrogens with zero attached hydrogens (tertiary/aromatic N) is 3. The van der Waals surface area contributed by atoms with Crippen LogP contribution in [0.5, 0.6) is 0 Å².